The summed E-state index contributed by atoms with van der Waals surface area (Å²) >= 11 is 0.383. The van der Waals surface area contributed by atoms with Gasteiger partial charge in [-0.05, 0) is 11.5 Å². The molecule has 1 aromatic rings. The second-order valence-corrected chi connectivity index (χ2v) is 2.33. The SMILES string of the molecule is O=C([O-])c1snnc1C(F)F.[Li+]. The summed E-state index contributed by atoms with van der Waals surface area (Å²) in [5, 5.41) is 13.0. The molecule has 0 saturated heterocycles. The molecule has 0 N–H and O–H groups in total. The largest absolute Gasteiger partial charge is 1.00 e. The first kappa shape index (κ1) is 11.5. The molecule has 0 aliphatic rings. The predicted molar refractivity (Wildman–Crippen MR) is 29.2 cm³/mol. The van der Waals surface area contributed by atoms with Crippen molar-refractivity contribution in [2.75, 3.05) is 0 Å². The zero-order valence-electron chi connectivity index (χ0n) is 5.95. The van der Waals surface area contributed by atoms with Gasteiger partial charge in [-0.3, -0.25) is 0 Å². The summed E-state index contributed by atoms with van der Waals surface area (Å²) in [5.74, 6) is -1.67. The molecule has 0 aromatic carbocycles. The van der Waals surface area contributed by atoms with Gasteiger partial charge in [0.15, 0.2) is 5.69 Å². The number of halogens is 2. The van der Waals surface area contributed by atoms with E-state index in [4.69, 9.17) is 0 Å². The van der Waals surface area contributed by atoms with Crippen molar-refractivity contribution < 1.29 is 37.5 Å². The Bertz CT molecular complexity index is 280. The number of alkyl halides is 2. The van der Waals surface area contributed by atoms with Gasteiger partial charge in [-0.25, -0.2) is 8.78 Å². The van der Waals surface area contributed by atoms with Gasteiger partial charge >= 0.3 is 18.9 Å². The molecular formula is C4HF2LiN2O2S. The Morgan fingerprint density at radius 3 is 2.50 bits per heavy atom. The number of aromatic carboxylic acids is 1. The second kappa shape index (κ2) is 4.50. The average molecular weight is 186 g/mol. The summed E-state index contributed by atoms with van der Waals surface area (Å²) in [5.41, 5.74) is -0.824. The van der Waals surface area contributed by atoms with Crippen molar-refractivity contribution in [1.82, 2.24) is 9.59 Å². The number of hydrogen-bond acceptors (Lipinski definition) is 5. The van der Waals surface area contributed by atoms with E-state index in [0.29, 0.717) is 11.5 Å². The third kappa shape index (κ3) is 2.23. The summed E-state index contributed by atoms with van der Waals surface area (Å²) in [7, 11) is 0. The van der Waals surface area contributed by atoms with Gasteiger partial charge in [0.2, 0.25) is 0 Å². The first-order valence-corrected chi connectivity index (χ1v) is 3.22. The van der Waals surface area contributed by atoms with E-state index in [1.54, 1.807) is 0 Å². The number of nitrogens with zero attached hydrogens (tertiary/aromatic N) is 2. The number of carbonyl (C=O) groups excluding carboxylic acids is 1. The smallest absolute Gasteiger partial charge is 0.544 e. The molecule has 1 heterocycles. The van der Waals surface area contributed by atoms with Crippen LogP contribution in [0.1, 0.15) is 21.8 Å². The Kier molecular flexibility index (Phi) is 4.31. The normalized spacial score (nSPS) is 9.58. The van der Waals surface area contributed by atoms with Crippen LogP contribution in [-0.4, -0.2) is 15.6 Å². The van der Waals surface area contributed by atoms with Crippen LogP contribution in [0.2, 0.25) is 0 Å². The molecule has 0 radical (unpaired) electrons. The Hall–Kier alpha value is -0.513. The van der Waals surface area contributed by atoms with Crippen molar-refractivity contribution in [1.29, 1.82) is 0 Å². The Morgan fingerprint density at radius 2 is 2.17 bits per heavy atom. The van der Waals surface area contributed by atoms with Crippen molar-refractivity contribution in [2.24, 2.45) is 0 Å². The molecule has 1 aromatic heterocycles. The second-order valence-electron chi connectivity index (χ2n) is 1.58. The van der Waals surface area contributed by atoms with Gasteiger partial charge in [-0.2, -0.15) is 0 Å². The monoisotopic (exact) mass is 186 g/mol. The number of carboxylic acid groups (broad SMARTS) is 1. The topological polar surface area (TPSA) is 65.9 Å². The van der Waals surface area contributed by atoms with Crippen LogP contribution < -0.4 is 24.0 Å². The van der Waals surface area contributed by atoms with Crippen LogP contribution in [0.25, 0.3) is 0 Å². The molecule has 0 spiro atoms. The summed E-state index contributed by atoms with van der Waals surface area (Å²) in [6, 6.07) is 0. The number of carboxylic acids is 1. The Morgan fingerprint density at radius 1 is 1.58 bits per heavy atom. The van der Waals surface area contributed by atoms with Crippen LogP contribution in [0.15, 0.2) is 0 Å². The first-order valence-electron chi connectivity index (χ1n) is 2.44. The van der Waals surface area contributed by atoms with Crippen LogP contribution in [0.4, 0.5) is 8.78 Å². The van der Waals surface area contributed by atoms with Crippen molar-refractivity contribution in [3.8, 4) is 0 Å². The van der Waals surface area contributed by atoms with E-state index in [-0.39, 0.29) is 18.9 Å². The van der Waals surface area contributed by atoms with E-state index in [2.05, 4.69) is 9.59 Å². The van der Waals surface area contributed by atoms with Crippen molar-refractivity contribution >= 4 is 17.5 Å². The van der Waals surface area contributed by atoms with Crippen LogP contribution in [-0.2, 0) is 0 Å². The Balaban J connectivity index is 0.00000121. The summed E-state index contributed by atoms with van der Waals surface area (Å²) in [4.78, 5) is 9.46. The molecule has 0 atom stereocenters. The van der Waals surface area contributed by atoms with Gasteiger partial charge < -0.3 is 9.90 Å². The minimum absolute atomic E-state index is 0. The van der Waals surface area contributed by atoms with Gasteiger partial charge in [-0.1, -0.05) is 4.49 Å². The van der Waals surface area contributed by atoms with Gasteiger partial charge in [0.25, 0.3) is 6.43 Å². The molecule has 0 amide bonds. The third-order valence-electron chi connectivity index (χ3n) is 0.905. The van der Waals surface area contributed by atoms with E-state index in [1.165, 1.54) is 0 Å². The van der Waals surface area contributed by atoms with Crippen molar-refractivity contribution in [3.05, 3.63) is 10.6 Å². The summed E-state index contributed by atoms with van der Waals surface area (Å²) in [6.07, 6.45) is -2.92. The summed E-state index contributed by atoms with van der Waals surface area (Å²) in [6.45, 7) is 0. The minimum atomic E-state index is -2.92. The van der Waals surface area contributed by atoms with Crippen LogP contribution >= 0.6 is 11.5 Å². The molecule has 0 unspecified atom stereocenters. The van der Waals surface area contributed by atoms with E-state index < -0.39 is 23.0 Å². The maximum Gasteiger partial charge on any atom is 1.00 e. The van der Waals surface area contributed by atoms with E-state index in [9.17, 15) is 18.7 Å². The molecule has 0 bridgehead atoms. The number of aromatic nitrogens is 2. The quantitative estimate of drug-likeness (QED) is 0.457. The molecule has 0 aliphatic carbocycles. The minimum Gasteiger partial charge on any atom is -0.544 e. The van der Waals surface area contributed by atoms with Gasteiger partial charge in [0, 0.05) is 0 Å². The molecule has 4 nitrogen and oxygen atoms in total. The fraction of sp³-hybridized carbons (Fsp3) is 0.250. The van der Waals surface area contributed by atoms with E-state index in [0.717, 1.165) is 0 Å². The van der Waals surface area contributed by atoms with E-state index in [1.807, 2.05) is 0 Å². The number of rotatable bonds is 2. The molecular weight excluding hydrogens is 185 g/mol. The summed E-state index contributed by atoms with van der Waals surface area (Å²) < 4.78 is 26.7. The van der Waals surface area contributed by atoms with Gasteiger partial charge in [-0.15, -0.1) is 5.10 Å². The fourth-order valence-electron chi connectivity index (χ4n) is 0.482. The molecule has 0 fully saturated rings. The van der Waals surface area contributed by atoms with Crippen molar-refractivity contribution in [3.63, 3.8) is 0 Å². The average Bonchev–Trinajstić information content (AvgIpc) is 2.32. The van der Waals surface area contributed by atoms with E-state index >= 15 is 0 Å². The molecule has 0 saturated carbocycles. The maximum absolute atomic E-state index is 11.8. The van der Waals surface area contributed by atoms with Gasteiger partial charge in [0.05, 0.1) is 10.8 Å². The molecule has 1 rings (SSSR count). The van der Waals surface area contributed by atoms with Crippen molar-refractivity contribution in [2.45, 2.75) is 6.43 Å². The number of carbonyl (C=O) groups is 1. The zero-order valence-corrected chi connectivity index (χ0v) is 6.77. The van der Waals surface area contributed by atoms with Crippen LogP contribution in [0.5, 0.6) is 0 Å². The standard InChI is InChI=1S/C4H2F2N2O2S.Li/c5-3(6)1-2(4(9)10)11-8-7-1;/h3H,(H,9,10);/q;+1/p-1. The Labute approximate surface area is 81.9 Å². The van der Waals surface area contributed by atoms with Gasteiger partial charge in [0.1, 0.15) is 0 Å². The molecule has 8 heteroatoms. The third-order valence-corrected chi connectivity index (χ3v) is 1.63. The van der Waals surface area contributed by atoms with Crippen LogP contribution in [0, 0.1) is 0 Å². The fourth-order valence-corrected chi connectivity index (χ4v) is 0.990. The zero-order chi connectivity index (χ0) is 8.43. The number of hydrogen-bond donors (Lipinski definition) is 0. The molecule has 0 aliphatic heterocycles. The first-order chi connectivity index (χ1) is 5.13. The predicted octanol–water partition coefficient (Wildman–Crippen LogP) is -3.16. The maximum atomic E-state index is 11.8. The molecule has 12 heavy (non-hydrogen) atoms. The molecule has 60 valence electrons. The van der Waals surface area contributed by atoms with Crippen LogP contribution in [0.3, 0.4) is 0 Å².